The molecule has 1 aromatic rings. The van der Waals surface area contributed by atoms with Gasteiger partial charge in [0.1, 0.15) is 0 Å². The molecule has 1 amide bonds. The molecule has 0 aromatic heterocycles. The standard InChI is InChI=1S/C15H22N2O4S/c1-11(12-6-7-12)17-15(18)13-4-3-5-14(10-13)22(19,20)16-8-9-21-2/h3-5,10-12,16H,6-9H2,1-2H3,(H,17,18). The number of ether oxygens (including phenoxy) is 1. The van der Waals surface area contributed by atoms with Crippen LogP contribution in [0.5, 0.6) is 0 Å². The Labute approximate surface area is 131 Å². The maximum atomic E-state index is 12.2. The van der Waals surface area contributed by atoms with Gasteiger partial charge in [0, 0.05) is 25.3 Å². The van der Waals surface area contributed by atoms with Crippen molar-refractivity contribution in [2.75, 3.05) is 20.3 Å². The highest BCUT2D eigenvalue weighted by molar-refractivity contribution is 7.89. The molecule has 2 N–H and O–H groups in total. The number of rotatable bonds is 8. The van der Waals surface area contributed by atoms with Crippen LogP contribution in [-0.4, -0.2) is 40.6 Å². The van der Waals surface area contributed by atoms with E-state index in [0.717, 1.165) is 12.8 Å². The fourth-order valence-corrected chi connectivity index (χ4v) is 3.23. The molecule has 1 fully saturated rings. The maximum Gasteiger partial charge on any atom is 0.251 e. The number of methoxy groups -OCH3 is 1. The lowest BCUT2D eigenvalue weighted by atomic mass is 10.1. The van der Waals surface area contributed by atoms with Crippen LogP contribution in [-0.2, 0) is 14.8 Å². The summed E-state index contributed by atoms with van der Waals surface area (Å²) in [5.41, 5.74) is 0.349. The maximum absolute atomic E-state index is 12.2. The minimum absolute atomic E-state index is 0.0790. The molecule has 0 saturated heterocycles. The minimum Gasteiger partial charge on any atom is -0.383 e. The van der Waals surface area contributed by atoms with Crippen LogP contribution in [0.1, 0.15) is 30.1 Å². The summed E-state index contributed by atoms with van der Waals surface area (Å²) in [5.74, 6) is 0.305. The Morgan fingerprint density at radius 2 is 2.14 bits per heavy atom. The van der Waals surface area contributed by atoms with Crippen molar-refractivity contribution in [1.82, 2.24) is 10.0 Å². The molecular weight excluding hydrogens is 304 g/mol. The second kappa shape index (κ2) is 7.21. The molecule has 6 nitrogen and oxygen atoms in total. The molecule has 0 spiro atoms. The van der Waals surface area contributed by atoms with Gasteiger partial charge in [-0.1, -0.05) is 6.07 Å². The van der Waals surface area contributed by atoms with E-state index in [2.05, 4.69) is 10.0 Å². The summed E-state index contributed by atoms with van der Waals surface area (Å²) in [7, 11) is -2.13. The molecule has 1 aliphatic carbocycles. The number of carbonyl (C=O) groups excluding carboxylic acids is 1. The predicted molar refractivity (Wildman–Crippen MR) is 83.2 cm³/mol. The Morgan fingerprint density at radius 1 is 1.41 bits per heavy atom. The first-order valence-electron chi connectivity index (χ1n) is 7.33. The minimum atomic E-state index is -3.63. The quantitative estimate of drug-likeness (QED) is 0.702. The smallest absolute Gasteiger partial charge is 0.251 e. The van der Waals surface area contributed by atoms with Crippen LogP contribution in [0, 0.1) is 5.92 Å². The Bertz CT molecular complexity index is 626. The van der Waals surface area contributed by atoms with Crippen LogP contribution >= 0.6 is 0 Å². The molecule has 7 heteroatoms. The highest BCUT2D eigenvalue weighted by Gasteiger charge is 2.29. The third-order valence-corrected chi connectivity index (χ3v) is 5.15. The van der Waals surface area contributed by atoms with E-state index in [9.17, 15) is 13.2 Å². The summed E-state index contributed by atoms with van der Waals surface area (Å²) in [4.78, 5) is 12.3. The third kappa shape index (κ3) is 4.53. The highest BCUT2D eigenvalue weighted by Crippen LogP contribution is 2.32. The third-order valence-electron chi connectivity index (χ3n) is 3.69. The summed E-state index contributed by atoms with van der Waals surface area (Å²) < 4.78 is 31.5. The second-order valence-corrected chi connectivity index (χ2v) is 7.28. The molecule has 22 heavy (non-hydrogen) atoms. The van der Waals surface area contributed by atoms with Gasteiger partial charge in [0.05, 0.1) is 11.5 Å². The van der Waals surface area contributed by atoms with Crippen molar-refractivity contribution in [3.05, 3.63) is 29.8 Å². The van der Waals surface area contributed by atoms with Gasteiger partial charge in [0.15, 0.2) is 0 Å². The number of hydrogen-bond donors (Lipinski definition) is 2. The van der Waals surface area contributed by atoms with E-state index in [1.807, 2.05) is 6.92 Å². The van der Waals surface area contributed by atoms with Crippen molar-refractivity contribution >= 4 is 15.9 Å². The van der Waals surface area contributed by atoms with E-state index in [1.54, 1.807) is 12.1 Å². The lowest BCUT2D eigenvalue weighted by molar-refractivity contribution is 0.0935. The number of nitrogens with one attached hydrogen (secondary N) is 2. The fourth-order valence-electron chi connectivity index (χ4n) is 2.17. The zero-order chi connectivity index (χ0) is 16.2. The molecule has 0 bridgehead atoms. The largest absolute Gasteiger partial charge is 0.383 e. The first-order valence-corrected chi connectivity index (χ1v) is 8.82. The van der Waals surface area contributed by atoms with Crippen molar-refractivity contribution in [1.29, 1.82) is 0 Å². The van der Waals surface area contributed by atoms with E-state index >= 15 is 0 Å². The molecule has 2 rings (SSSR count). The first kappa shape index (κ1) is 16.9. The molecule has 122 valence electrons. The van der Waals surface area contributed by atoms with Crippen LogP contribution < -0.4 is 10.0 Å². The van der Waals surface area contributed by atoms with E-state index in [1.165, 1.54) is 19.2 Å². The summed E-state index contributed by atoms with van der Waals surface area (Å²) >= 11 is 0. The van der Waals surface area contributed by atoms with Crippen LogP contribution in [0.25, 0.3) is 0 Å². The summed E-state index contributed by atoms with van der Waals surface area (Å²) in [5, 5.41) is 2.91. The van der Waals surface area contributed by atoms with E-state index < -0.39 is 10.0 Å². The van der Waals surface area contributed by atoms with E-state index in [-0.39, 0.29) is 30.0 Å². The van der Waals surface area contributed by atoms with Gasteiger partial charge < -0.3 is 10.1 Å². The topological polar surface area (TPSA) is 84.5 Å². The molecule has 1 aliphatic rings. The van der Waals surface area contributed by atoms with Gasteiger partial charge >= 0.3 is 0 Å². The number of amides is 1. The normalized spacial score (nSPS) is 16.3. The lowest BCUT2D eigenvalue weighted by Crippen LogP contribution is -2.34. The van der Waals surface area contributed by atoms with Crippen LogP contribution in [0.15, 0.2) is 29.2 Å². The van der Waals surface area contributed by atoms with Crippen molar-refractivity contribution in [2.45, 2.75) is 30.7 Å². The highest BCUT2D eigenvalue weighted by atomic mass is 32.2. The fraction of sp³-hybridized carbons (Fsp3) is 0.533. The van der Waals surface area contributed by atoms with Gasteiger partial charge in [0.25, 0.3) is 5.91 Å². The van der Waals surface area contributed by atoms with Crippen molar-refractivity contribution in [2.24, 2.45) is 5.92 Å². The summed E-state index contributed by atoms with van der Waals surface area (Å²) in [6.07, 6.45) is 2.28. The summed E-state index contributed by atoms with van der Waals surface area (Å²) in [6.45, 7) is 2.45. The van der Waals surface area contributed by atoms with Crippen molar-refractivity contribution in [3.63, 3.8) is 0 Å². The average Bonchev–Trinajstić information content (AvgIpc) is 3.32. The molecule has 0 heterocycles. The van der Waals surface area contributed by atoms with Gasteiger partial charge in [-0.15, -0.1) is 0 Å². The van der Waals surface area contributed by atoms with Crippen molar-refractivity contribution < 1.29 is 17.9 Å². The molecule has 0 aliphatic heterocycles. The Morgan fingerprint density at radius 3 is 2.77 bits per heavy atom. The Kier molecular flexibility index (Phi) is 5.55. The monoisotopic (exact) mass is 326 g/mol. The molecule has 0 radical (unpaired) electrons. The first-order chi connectivity index (χ1) is 10.4. The Hall–Kier alpha value is -1.44. The zero-order valence-corrected chi connectivity index (χ0v) is 13.7. The van der Waals surface area contributed by atoms with Crippen molar-refractivity contribution in [3.8, 4) is 0 Å². The van der Waals surface area contributed by atoms with Gasteiger partial charge in [-0.05, 0) is 43.9 Å². The van der Waals surface area contributed by atoms with Crippen LogP contribution in [0.3, 0.4) is 0 Å². The number of benzene rings is 1. The number of hydrogen-bond acceptors (Lipinski definition) is 4. The van der Waals surface area contributed by atoms with Gasteiger partial charge in [-0.2, -0.15) is 0 Å². The van der Waals surface area contributed by atoms with Gasteiger partial charge in [-0.25, -0.2) is 13.1 Å². The second-order valence-electron chi connectivity index (χ2n) is 5.52. The Balaban J connectivity index is 2.06. The van der Waals surface area contributed by atoms with Gasteiger partial charge in [-0.3, -0.25) is 4.79 Å². The van der Waals surface area contributed by atoms with Crippen LogP contribution in [0.2, 0.25) is 0 Å². The molecule has 1 saturated carbocycles. The molecule has 1 aromatic carbocycles. The molecule has 1 atom stereocenters. The van der Waals surface area contributed by atoms with Crippen LogP contribution in [0.4, 0.5) is 0 Å². The molecule has 1 unspecified atom stereocenters. The van der Waals surface area contributed by atoms with E-state index in [4.69, 9.17) is 4.74 Å². The number of sulfonamides is 1. The molecular formula is C15H22N2O4S. The summed E-state index contributed by atoms with van der Waals surface area (Å²) in [6, 6.07) is 6.16. The predicted octanol–water partition coefficient (Wildman–Crippen LogP) is 1.14. The average molecular weight is 326 g/mol. The van der Waals surface area contributed by atoms with Gasteiger partial charge in [0.2, 0.25) is 10.0 Å². The zero-order valence-electron chi connectivity index (χ0n) is 12.8. The lowest BCUT2D eigenvalue weighted by Gasteiger charge is -2.13. The SMILES string of the molecule is COCCNS(=O)(=O)c1cccc(C(=O)NC(C)C2CC2)c1. The van der Waals surface area contributed by atoms with E-state index in [0.29, 0.717) is 11.5 Å². The number of carbonyl (C=O) groups is 1.